The fraction of sp³-hybridized carbons (Fsp3) is 0.375. The summed E-state index contributed by atoms with van der Waals surface area (Å²) in [6, 6.07) is 7.43. The third-order valence-corrected chi connectivity index (χ3v) is 3.56. The van der Waals surface area contributed by atoms with Crippen molar-refractivity contribution in [2.75, 3.05) is 19.6 Å². The summed E-state index contributed by atoms with van der Waals surface area (Å²) in [6.07, 6.45) is 2.18. The lowest BCUT2D eigenvalue weighted by Crippen LogP contribution is -2.34. The predicted octanol–water partition coefficient (Wildman–Crippen LogP) is 2.16. The highest BCUT2D eigenvalue weighted by molar-refractivity contribution is 5.98. The number of carbonyl (C=O) groups is 2. The summed E-state index contributed by atoms with van der Waals surface area (Å²) < 4.78 is 0. The molecule has 5 nitrogen and oxygen atoms in total. The molecule has 2 rings (SSSR count). The molecule has 2 amide bonds. The van der Waals surface area contributed by atoms with E-state index in [2.05, 4.69) is 10.3 Å². The number of nitrogens with zero attached hydrogens (tertiary/aromatic N) is 1. The van der Waals surface area contributed by atoms with Crippen LogP contribution in [0.2, 0.25) is 0 Å². The number of aromatic amines is 1. The van der Waals surface area contributed by atoms with Crippen molar-refractivity contribution < 1.29 is 9.59 Å². The molecule has 0 aliphatic rings. The maximum absolute atomic E-state index is 12.1. The summed E-state index contributed by atoms with van der Waals surface area (Å²) in [6.45, 7) is 5.67. The summed E-state index contributed by atoms with van der Waals surface area (Å²) in [4.78, 5) is 28.7. The molecule has 0 aliphatic carbocycles. The summed E-state index contributed by atoms with van der Waals surface area (Å²) in [5.41, 5.74) is 1.61. The number of aromatic nitrogens is 1. The second-order valence-corrected chi connectivity index (χ2v) is 4.85. The van der Waals surface area contributed by atoms with Crippen molar-refractivity contribution in [3.8, 4) is 0 Å². The second-order valence-electron chi connectivity index (χ2n) is 4.85. The number of hydrogen-bond acceptors (Lipinski definition) is 2. The van der Waals surface area contributed by atoms with Crippen molar-refractivity contribution in [1.82, 2.24) is 15.2 Å². The second kappa shape index (κ2) is 6.92. The lowest BCUT2D eigenvalue weighted by atomic mass is 10.1. The molecule has 0 bridgehead atoms. The molecule has 1 aromatic heterocycles. The molecule has 21 heavy (non-hydrogen) atoms. The van der Waals surface area contributed by atoms with E-state index in [1.54, 1.807) is 11.0 Å². The topological polar surface area (TPSA) is 65.2 Å². The fourth-order valence-corrected chi connectivity index (χ4v) is 2.31. The molecule has 1 heterocycles. The standard InChI is InChI=1S/C16H21N3O2/c1-3-19(4-2)15(20)8-10-18-16(21)13-5-6-14-12(11-13)7-9-17-14/h5-7,9,11,17H,3-4,8,10H2,1-2H3,(H,18,21). The smallest absolute Gasteiger partial charge is 0.251 e. The predicted molar refractivity (Wildman–Crippen MR) is 83.2 cm³/mol. The molecular formula is C16H21N3O2. The highest BCUT2D eigenvalue weighted by Crippen LogP contribution is 2.14. The minimum Gasteiger partial charge on any atom is -0.361 e. The van der Waals surface area contributed by atoms with Gasteiger partial charge in [0.05, 0.1) is 0 Å². The van der Waals surface area contributed by atoms with Crippen molar-refractivity contribution >= 4 is 22.7 Å². The van der Waals surface area contributed by atoms with Crippen LogP contribution in [0.4, 0.5) is 0 Å². The van der Waals surface area contributed by atoms with Gasteiger partial charge in [0.2, 0.25) is 5.91 Å². The average Bonchev–Trinajstić information content (AvgIpc) is 2.95. The van der Waals surface area contributed by atoms with E-state index in [1.807, 2.05) is 38.2 Å². The Morgan fingerprint density at radius 2 is 1.95 bits per heavy atom. The molecule has 0 radical (unpaired) electrons. The molecule has 0 atom stereocenters. The minimum atomic E-state index is -0.148. The SMILES string of the molecule is CCN(CC)C(=O)CCNC(=O)c1ccc2[nH]ccc2c1. The zero-order chi connectivity index (χ0) is 15.2. The van der Waals surface area contributed by atoms with Crippen LogP contribution in [0.5, 0.6) is 0 Å². The maximum atomic E-state index is 12.1. The zero-order valence-corrected chi connectivity index (χ0v) is 12.5. The van der Waals surface area contributed by atoms with E-state index in [1.165, 1.54) is 0 Å². The molecule has 1 aromatic carbocycles. The number of carbonyl (C=O) groups excluding carboxylic acids is 2. The fourth-order valence-electron chi connectivity index (χ4n) is 2.31. The van der Waals surface area contributed by atoms with Crippen molar-refractivity contribution in [3.63, 3.8) is 0 Å². The van der Waals surface area contributed by atoms with Gasteiger partial charge in [0.1, 0.15) is 0 Å². The first-order chi connectivity index (χ1) is 10.2. The minimum absolute atomic E-state index is 0.0707. The Morgan fingerprint density at radius 3 is 2.67 bits per heavy atom. The molecular weight excluding hydrogens is 266 g/mol. The zero-order valence-electron chi connectivity index (χ0n) is 12.5. The van der Waals surface area contributed by atoms with Crippen LogP contribution < -0.4 is 5.32 Å². The van der Waals surface area contributed by atoms with Gasteiger partial charge in [0, 0.05) is 48.7 Å². The van der Waals surface area contributed by atoms with E-state index in [0.717, 1.165) is 10.9 Å². The number of hydrogen-bond donors (Lipinski definition) is 2. The summed E-state index contributed by atoms with van der Waals surface area (Å²) in [5, 5.41) is 3.79. The number of benzene rings is 1. The number of nitrogens with one attached hydrogen (secondary N) is 2. The summed E-state index contributed by atoms with van der Waals surface area (Å²) in [7, 11) is 0. The molecule has 2 aromatic rings. The van der Waals surface area contributed by atoms with Gasteiger partial charge in [-0.3, -0.25) is 9.59 Å². The Balaban J connectivity index is 1.88. The lowest BCUT2D eigenvalue weighted by Gasteiger charge is -2.18. The monoisotopic (exact) mass is 287 g/mol. The number of fused-ring (bicyclic) bond motifs is 1. The molecule has 0 saturated heterocycles. The number of H-pyrrole nitrogens is 1. The molecule has 2 N–H and O–H groups in total. The van der Waals surface area contributed by atoms with E-state index in [9.17, 15) is 9.59 Å². The first-order valence-electron chi connectivity index (χ1n) is 7.28. The van der Waals surface area contributed by atoms with Gasteiger partial charge in [-0.25, -0.2) is 0 Å². The average molecular weight is 287 g/mol. The Kier molecular flexibility index (Phi) is 4.98. The van der Waals surface area contributed by atoms with E-state index in [0.29, 0.717) is 31.6 Å². The Hall–Kier alpha value is -2.30. The van der Waals surface area contributed by atoms with Crippen LogP contribution in [0.3, 0.4) is 0 Å². The van der Waals surface area contributed by atoms with E-state index < -0.39 is 0 Å². The first-order valence-corrected chi connectivity index (χ1v) is 7.28. The maximum Gasteiger partial charge on any atom is 0.251 e. The number of rotatable bonds is 6. The normalized spacial score (nSPS) is 10.6. The molecule has 112 valence electrons. The van der Waals surface area contributed by atoms with Crippen LogP contribution in [0.1, 0.15) is 30.6 Å². The van der Waals surface area contributed by atoms with E-state index in [4.69, 9.17) is 0 Å². The van der Waals surface area contributed by atoms with Crippen molar-refractivity contribution in [2.24, 2.45) is 0 Å². The van der Waals surface area contributed by atoms with Gasteiger partial charge < -0.3 is 15.2 Å². The van der Waals surface area contributed by atoms with E-state index >= 15 is 0 Å². The van der Waals surface area contributed by atoms with Crippen LogP contribution in [0.25, 0.3) is 10.9 Å². The third-order valence-electron chi connectivity index (χ3n) is 3.56. The molecule has 0 saturated carbocycles. The van der Waals surface area contributed by atoms with Gasteiger partial charge in [0.25, 0.3) is 5.91 Å². The van der Waals surface area contributed by atoms with Crippen molar-refractivity contribution in [1.29, 1.82) is 0 Å². The first kappa shape index (κ1) is 15.1. The van der Waals surface area contributed by atoms with Crippen LogP contribution >= 0.6 is 0 Å². The largest absolute Gasteiger partial charge is 0.361 e. The quantitative estimate of drug-likeness (QED) is 0.855. The molecule has 0 unspecified atom stereocenters. The van der Waals surface area contributed by atoms with Gasteiger partial charge >= 0.3 is 0 Å². The van der Waals surface area contributed by atoms with Gasteiger partial charge in [-0.1, -0.05) is 0 Å². The third kappa shape index (κ3) is 3.62. The summed E-state index contributed by atoms with van der Waals surface area (Å²) >= 11 is 0. The molecule has 0 aliphatic heterocycles. The van der Waals surface area contributed by atoms with Crippen LogP contribution in [-0.4, -0.2) is 41.3 Å². The Morgan fingerprint density at radius 1 is 1.19 bits per heavy atom. The lowest BCUT2D eigenvalue weighted by molar-refractivity contribution is -0.130. The van der Waals surface area contributed by atoms with E-state index in [-0.39, 0.29) is 11.8 Å². The van der Waals surface area contributed by atoms with Crippen LogP contribution in [0.15, 0.2) is 30.5 Å². The van der Waals surface area contributed by atoms with Crippen molar-refractivity contribution in [3.05, 3.63) is 36.0 Å². The molecule has 5 heteroatoms. The molecule has 0 fully saturated rings. The van der Waals surface area contributed by atoms with Gasteiger partial charge in [-0.2, -0.15) is 0 Å². The van der Waals surface area contributed by atoms with Crippen LogP contribution in [0, 0.1) is 0 Å². The molecule has 0 spiro atoms. The highest BCUT2D eigenvalue weighted by Gasteiger charge is 2.11. The van der Waals surface area contributed by atoms with Crippen molar-refractivity contribution in [2.45, 2.75) is 20.3 Å². The van der Waals surface area contributed by atoms with Gasteiger partial charge in [-0.15, -0.1) is 0 Å². The van der Waals surface area contributed by atoms with Gasteiger partial charge in [-0.05, 0) is 38.1 Å². The Labute approximate surface area is 124 Å². The van der Waals surface area contributed by atoms with Crippen LogP contribution in [-0.2, 0) is 4.79 Å². The highest BCUT2D eigenvalue weighted by atomic mass is 16.2. The number of amides is 2. The Bertz CT molecular complexity index is 629. The van der Waals surface area contributed by atoms with Gasteiger partial charge in [0.15, 0.2) is 0 Å². The summed E-state index contributed by atoms with van der Waals surface area (Å²) in [5.74, 6) is -0.0770.